The second-order valence-corrected chi connectivity index (χ2v) is 6.56. The Bertz CT molecular complexity index is 836. The summed E-state index contributed by atoms with van der Waals surface area (Å²) >= 11 is 0. The van der Waals surface area contributed by atoms with Gasteiger partial charge in [0.25, 0.3) is 10.0 Å². The molecule has 24 heavy (non-hydrogen) atoms. The van der Waals surface area contributed by atoms with Gasteiger partial charge in [0, 0.05) is 12.1 Å². The maximum absolute atomic E-state index is 12.9. The number of ether oxygens (including phenoxy) is 1. The molecule has 0 fully saturated rings. The Morgan fingerprint density at radius 1 is 1.17 bits per heavy atom. The van der Waals surface area contributed by atoms with E-state index in [0.717, 1.165) is 12.1 Å². The maximum Gasteiger partial charge on any atom is 0.261 e. The van der Waals surface area contributed by atoms with Gasteiger partial charge in [-0.3, -0.25) is 9.52 Å². The SMILES string of the molecule is CCC(=O)Nc1cc(S(=O)(=O)Nc2ccc(F)cc2)ccc1OC. The number of methoxy groups -OCH3 is 1. The van der Waals surface area contributed by atoms with Crippen molar-refractivity contribution in [2.24, 2.45) is 0 Å². The van der Waals surface area contributed by atoms with E-state index in [4.69, 9.17) is 4.74 Å². The first-order valence-corrected chi connectivity index (χ1v) is 8.60. The summed E-state index contributed by atoms with van der Waals surface area (Å²) in [5, 5.41) is 2.59. The molecule has 0 atom stereocenters. The first-order valence-electron chi connectivity index (χ1n) is 7.12. The molecule has 2 aromatic rings. The van der Waals surface area contributed by atoms with Crippen LogP contribution in [0.15, 0.2) is 47.4 Å². The molecule has 1 amide bonds. The third-order valence-electron chi connectivity index (χ3n) is 3.17. The van der Waals surface area contributed by atoms with E-state index in [-0.39, 0.29) is 28.6 Å². The Morgan fingerprint density at radius 2 is 1.83 bits per heavy atom. The molecule has 0 aliphatic rings. The summed E-state index contributed by atoms with van der Waals surface area (Å²) in [6.45, 7) is 1.68. The van der Waals surface area contributed by atoms with E-state index in [2.05, 4.69) is 10.0 Å². The summed E-state index contributed by atoms with van der Waals surface area (Å²) in [6.07, 6.45) is 0.244. The topological polar surface area (TPSA) is 84.5 Å². The molecule has 2 aromatic carbocycles. The third-order valence-corrected chi connectivity index (χ3v) is 4.55. The van der Waals surface area contributed by atoms with Gasteiger partial charge in [-0.15, -0.1) is 0 Å². The molecular weight excluding hydrogens is 335 g/mol. The lowest BCUT2D eigenvalue weighted by atomic mass is 10.3. The minimum atomic E-state index is -3.90. The van der Waals surface area contributed by atoms with Gasteiger partial charge in [0.1, 0.15) is 11.6 Å². The van der Waals surface area contributed by atoms with Crippen LogP contribution in [0.2, 0.25) is 0 Å². The molecule has 0 aliphatic heterocycles. The van der Waals surface area contributed by atoms with Crippen molar-refractivity contribution in [2.45, 2.75) is 18.2 Å². The lowest BCUT2D eigenvalue weighted by Crippen LogP contribution is -2.15. The standard InChI is InChI=1S/C16H17FN2O4S/c1-3-16(20)18-14-10-13(8-9-15(14)23-2)24(21,22)19-12-6-4-11(17)5-7-12/h4-10,19H,3H2,1-2H3,(H,18,20). The van der Waals surface area contributed by atoms with Crippen LogP contribution in [-0.4, -0.2) is 21.4 Å². The van der Waals surface area contributed by atoms with Crippen molar-refractivity contribution in [1.29, 1.82) is 0 Å². The Kier molecular flexibility index (Phi) is 5.40. The maximum atomic E-state index is 12.9. The van der Waals surface area contributed by atoms with Gasteiger partial charge in [-0.2, -0.15) is 0 Å². The number of carbonyl (C=O) groups excluding carboxylic acids is 1. The smallest absolute Gasteiger partial charge is 0.261 e. The minimum absolute atomic E-state index is 0.0565. The Hall–Kier alpha value is -2.61. The van der Waals surface area contributed by atoms with Gasteiger partial charge in [-0.1, -0.05) is 6.92 Å². The van der Waals surface area contributed by atoms with E-state index in [0.29, 0.717) is 5.75 Å². The van der Waals surface area contributed by atoms with E-state index in [1.54, 1.807) is 6.92 Å². The molecule has 8 heteroatoms. The number of sulfonamides is 1. The molecule has 0 heterocycles. The highest BCUT2D eigenvalue weighted by Crippen LogP contribution is 2.28. The molecule has 2 rings (SSSR count). The molecular formula is C16H17FN2O4S. The zero-order chi connectivity index (χ0) is 17.7. The van der Waals surface area contributed by atoms with Crippen LogP contribution in [0.4, 0.5) is 15.8 Å². The molecule has 0 radical (unpaired) electrons. The largest absolute Gasteiger partial charge is 0.495 e. The number of nitrogens with one attached hydrogen (secondary N) is 2. The van der Waals surface area contributed by atoms with Crippen molar-refractivity contribution in [1.82, 2.24) is 0 Å². The average molecular weight is 352 g/mol. The van der Waals surface area contributed by atoms with Crippen LogP contribution in [0.3, 0.4) is 0 Å². The van der Waals surface area contributed by atoms with Crippen LogP contribution >= 0.6 is 0 Å². The van der Waals surface area contributed by atoms with Crippen molar-refractivity contribution in [2.75, 3.05) is 17.1 Å². The summed E-state index contributed by atoms with van der Waals surface area (Å²) < 4.78 is 45.2. The van der Waals surface area contributed by atoms with Gasteiger partial charge in [-0.25, -0.2) is 12.8 Å². The quantitative estimate of drug-likeness (QED) is 0.837. The van der Waals surface area contributed by atoms with Gasteiger partial charge < -0.3 is 10.1 Å². The highest BCUT2D eigenvalue weighted by atomic mass is 32.2. The van der Waals surface area contributed by atoms with Gasteiger partial charge in [0.15, 0.2) is 0 Å². The zero-order valence-electron chi connectivity index (χ0n) is 13.2. The molecule has 2 N–H and O–H groups in total. The molecule has 128 valence electrons. The summed E-state index contributed by atoms with van der Waals surface area (Å²) in [7, 11) is -2.48. The highest BCUT2D eigenvalue weighted by Gasteiger charge is 2.17. The molecule has 6 nitrogen and oxygen atoms in total. The summed E-state index contributed by atoms with van der Waals surface area (Å²) in [5.74, 6) is -0.390. The molecule has 0 saturated heterocycles. The van der Waals surface area contributed by atoms with Crippen LogP contribution < -0.4 is 14.8 Å². The average Bonchev–Trinajstić information content (AvgIpc) is 2.56. The van der Waals surface area contributed by atoms with E-state index >= 15 is 0 Å². The fourth-order valence-corrected chi connectivity index (χ4v) is 3.01. The lowest BCUT2D eigenvalue weighted by Gasteiger charge is -2.13. The van der Waals surface area contributed by atoms with Gasteiger partial charge >= 0.3 is 0 Å². The van der Waals surface area contributed by atoms with Crippen LogP contribution in [0, 0.1) is 5.82 Å². The van der Waals surface area contributed by atoms with Crippen LogP contribution in [-0.2, 0) is 14.8 Å². The molecule has 0 unspecified atom stereocenters. The van der Waals surface area contributed by atoms with Crippen LogP contribution in [0.25, 0.3) is 0 Å². The number of benzene rings is 2. The molecule has 0 saturated carbocycles. The number of rotatable bonds is 6. The van der Waals surface area contributed by atoms with Gasteiger partial charge in [0.2, 0.25) is 5.91 Å². The van der Waals surface area contributed by atoms with Gasteiger partial charge in [0.05, 0.1) is 17.7 Å². The van der Waals surface area contributed by atoms with Crippen molar-refractivity contribution < 1.29 is 22.3 Å². The van der Waals surface area contributed by atoms with E-state index < -0.39 is 15.8 Å². The normalized spacial score (nSPS) is 11.0. The number of anilines is 2. The van der Waals surface area contributed by atoms with Crippen molar-refractivity contribution >= 4 is 27.3 Å². The second kappa shape index (κ2) is 7.31. The monoisotopic (exact) mass is 352 g/mol. The number of hydrogen-bond donors (Lipinski definition) is 2. The third kappa shape index (κ3) is 4.23. The number of hydrogen-bond acceptors (Lipinski definition) is 4. The first kappa shape index (κ1) is 17.7. The Labute approximate surface area is 139 Å². The molecule has 0 spiro atoms. The fourth-order valence-electron chi connectivity index (χ4n) is 1.92. The van der Waals surface area contributed by atoms with E-state index in [1.807, 2.05) is 0 Å². The Morgan fingerprint density at radius 3 is 2.42 bits per heavy atom. The minimum Gasteiger partial charge on any atom is -0.495 e. The van der Waals surface area contributed by atoms with Crippen LogP contribution in [0.5, 0.6) is 5.75 Å². The lowest BCUT2D eigenvalue weighted by molar-refractivity contribution is -0.115. The number of carbonyl (C=O) groups is 1. The summed E-state index contributed by atoms with van der Waals surface area (Å²) in [6, 6.07) is 9.04. The summed E-state index contributed by atoms with van der Waals surface area (Å²) in [5.41, 5.74) is 0.484. The highest BCUT2D eigenvalue weighted by molar-refractivity contribution is 7.92. The van der Waals surface area contributed by atoms with Crippen molar-refractivity contribution in [3.05, 3.63) is 48.3 Å². The number of amides is 1. The van der Waals surface area contributed by atoms with Crippen molar-refractivity contribution in [3.8, 4) is 5.75 Å². The molecule has 0 aromatic heterocycles. The second-order valence-electron chi connectivity index (χ2n) is 4.88. The Balaban J connectivity index is 2.33. The predicted molar refractivity (Wildman–Crippen MR) is 89.1 cm³/mol. The van der Waals surface area contributed by atoms with Crippen LogP contribution in [0.1, 0.15) is 13.3 Å². The van der Waals surface area contributed by atoms with E-state index in [1.165, 1.54) is 37.4 Å². The molecule has 0 aliphatic carbocycles. The van der Waals surface area contributed by atoms with Crippen molar-refractivity contribution in [3.63, 3.8) is 0 Å². The zero-order valence-corrected chi connectivity index (χ0v) is 14.0. The summed E-state index contributed by atoms with van der Waals surface area (Å²) in [4.78, 5) is 11.5. The first-order chi connectivity index (χ1) is 11.4. The van der Waals surface area contributed by atoms with E-state index in [9.17, 15) is 17.6 Å². The predicted octanol–water partition coefficient (Wildman–Crippen LogP) is 2.98. The fraction of sp³-hybridized carbons (Fsp3) is 0.188. The number of halogens is 1. The molecule has 0 bridgehead atoms. The van der Waals surface area contributed by atoms with Gasteiger partial charge in [-0.05, 0) is 42.5 Å².